The first-order valence-corrected chi connectivity index (χ1v) is 8.52. The molecule has 4 rings (SSSR count). The fraction of sp³-hybridized carbons (Fsp3) is 0.765. The molecular formula is C17H26N2O2. The van der Waals surface area contributed by atoms with Crippen LogP contribution in [0.5, 0.6) is 0 Å². The number of nitrogens with one attached hydrogen (secondary N) is 1. The molecule has 21 heavy (non-hydrogen) atoms. The topological polar surface area (TPSA) is 37.6 Å². The molecule has 2 unspecified atom stereocenters. The molecular weight excluding hydrogens is 264 g/mol. The number of furan rings is 1. The van der Waals surface area contributed by atoms with E-state index in [9.17, 15) is 0 Å². The molecule has 0 radical (unpaired) electrons. The van der Waals surface area contributed by atoms with Crippen molar-refractivity contribution in [1.82, 2.24) is 10.2 Å². The van der Waals surface area contributed by atoms with E-state index in [1.807, 2.05) is 6.07 Å². The summed E-state index contributed by atoms with van der Waals surface area (Å²) in [4.78, 5) is 2.56. The van der Waals surface area contributed by atoms with Crippen molar-refractivity contribution in [1.29, 1.82) is 0 Å². The van der Waals surface area contributed by atoms with Gasteiger partial charge in [0.05, 0.1) is 25.0 Å². The van der Waals surface area contributed by atoms with E-state index >= 15 is 0 Å². The summed E-state index contributed by atoms with van der Waals surface area (Å²) in [5.41, 5.74) is 0. The SMILES string of the molecule is c1coc(CN(CC2CCC(CNC3CC3)O2)C2CC2)c1. The molecule has 1 aliphatic heterocycles. The predicted octanol–water partition coefficient (Wildman–Crippen LogP) is 2.54. The molecule has 3 fully saturated rings. The van der Waals surface area contributed by atoms with Gasteiger partial charge in [-0.05, 0) is 50.7 Å². The maximum Gasteiger partial charge on any atom is 0.117 e. The summed E-state index contributed by atoms with van der Waals surface area (Å²) in [5, 5.41) is 3.59. The van der Waals surface area contributed by atoms with Crippen molar-refractivity contribution in [3.8, 4) is 0 Å². The first-order valence-electron chi connectivity index (χ1n) is 8.52. The van der Waals surface area contributed by atoms with E-state index in [0.29, 0.717) is 12.2 Å². The van der Waals surface area contributed by atoms with Gasteiger partial charge in [-0.1, -0.05) is 0 Å². The van der Waals surface area contributed by atoms with Crippen LogP contribution in [0.1, 0.15) is 44.3 Å². The minimum Gasteiger partial charge on any atom is -0.468 e. The second-order valence-electron chi connectivity index (χ2n) is 6.88. The number of rotatable bonds is 8. The minimum absolute atomic E-state index is 0.409. The van der Waals surface area contributed by atoms with Gasteiger partial charge in [-0.15, -0.1) is 0 Å². The van der Waals surface area contributed by atoms with Crippen molar-refractivity contribution in [2.75, 3.05) is 13.1 Å². The maximum atomic E-state index is 6.23. The number of ether oxygens (including phenoxy) is 1. The first-order chi connectivity index (χ1) is 10.4. The van der Waals surface area contributed by atoms with Crippen LogP contribution in [0, 0.1) is 0 Å². The molecule has 2 aliphatic carbocycles. The molecule has 3 aliphatic rings. The summed E-state index contributed by atoms with van der Waals surface area (Å²) in [6.45, 7) is 3.04. The fourth-order valence-electron chi connectivity index (χ4n) is 3.30. The molecule has 2 saturated carbocycles. The van der Waals surface area contributed by atoms with Gasteiger partial charge in [0.15, 0.2) is 0 Å². The quantitative estimate of drug-likeness (QED) is 0.798. The Morgan fingerprint density at radius 3 is 2.67 bits per heavy atom. The van der Waals surface area contributed by atoms with Crippen LogP contribution >= 0.6 is 0 Å². The lowest BCUT2D eigenvalue weighted by Crippen LogP contribution is -2.35. The van der Waals surface area contributed by atoms with E-state index in [-0.39, 0.29) is 0 Å². The zero-order valence-corrected chi connectivity index (χ0v) is 12.7. The Balaban J connectivity index is 1.25. The second kappa shape index (κ2) is 6.11. The standard InChI is InChI=1S/C17H26N2O2/c1-2-16(20-9-1)11-19(14-5-6-14)12-17-8-7-15(21-17)10-18-13-3-4-13/h1-2,9,13-15,17-18H,3-8,10-12H2. The van der Waals surface area contributed by atoms with E-state index in [0.717, 1.165) is 37.5 Å². The van der Waals surface area contributed by atoms with Crippen LogP contribution in [0.2, 0.25) is 0 Å². The Hall–Kier alpha value is -0.840. The van der Waals surface area contributed by atoms with E-state index in [1.54, 1.807) is 6.26 Å². The smallest absolute Gasteiger partial charge is 0.117 e. The monoisotopic (exact) mass is 290 g/mol. The molecule has 0 spiro atoms. The van der Waals surface area contributed by atoms with Gasteiger partial charge in [0, 0.05) is 25.2 Å². The highest BCUT2D eigenvalue weighted by Gasteiger charge is 2.34. The molecule has 1 aromatic heterocycles. The second-order valence-corrected chi connectivity index (χ2v) is 6.88. The van der Waals surface area contributed by atoms with Gasteiger partial charge >= 0.3 is 0 Å². The summed E-state index contributed by atoms with van der Waals surface area (Å²) in [5.74, 6) is 1.08. The van der Waals surface area contributed by atoms with Crippen LogP contribution in [-0.2, 0) is 11.3 Å². The van der Waals surface area contributed by atoms with E-state index in [1.165, 1.54) is 38.5 Å². The molecule has 0 bridgehead atoms. The summed E-state index contributed by atoms with van der Waals surface area (Å²) in [6, 6.07) is 5.59. The van der Waals surface area contributed by atoms with Crippen LogP contribution in [0.3, 0.4) is 0 Å². The lowest BCUT2D eigenvalue weighted by atomic mass is 10.2. The minimum atomic E-state index is 0.409. The average Bonchev–Trinajstić information content (AvgIpc) is 3.41. The summed E-state index contributed by atoms with van der Waals surface area (Å²) in [7, 11) is 0. The van der Waals surface area contributed by atoms with Crippen LogP contribution < -0.4 is 5.32 Å². The van der Waals surface area contributed by atoms with Crippen LogP contribution in [0.25, 0.3) is 0 Å². The lowest BCUT2D eigenvalue weighted by Gasteiger charge is -2.24. The van der Waals surface area contributed by atoms with Gasteiger partial charge < -0.3 is 14.5 Å². The third-order valence-corrected chi connectivity index (χ3v) is 4.85. The number of nitrogens with zero attached hydrogens (tertiary/aromatic N) is 1. The normalized spacial score (nSPS) is 29.4. The molecule has 1 aromatic rings. The Bertz CT molecular complexity index is 440. The zero-order chi connectivity index (χ0) is 14.1. The Labute approximate surface area is 126 Å². The van der Waals surface area contributed by atoms with Crippen LogP contribution in [0.15, 0.2) is 22.8 Å². The highest BCUT2D eigenvalue weighted by molar-refractivity contribution is 5.00. The lowest BCUT2D eigenvalue weighted by molar-refractivity contribution is 0.0187. The van der Waals surface area contributed by atoms with Gasteiger partial charge in [0.2, 0.25) is 0 Å². The van der Waals surface area contributed by atoms with Gasteiger partial charge in [-0.2, -0.15) is 0 Å². The van der Waals surface area contributed by atoms with E-state index in [2.05, 4.69) is 16.3 Å². The number of hydrogen-bond acceptors (Lipinski definition) is 4. The van der Waals surface area contributed by atoms with Crippen molar-refractivity contribution in [2.45, 2.75) is 69.4 Å². The molecule has 0 aromatic carbocycles. The molecule has 2 atom stereocenters. The van der Waals surface area contributed by atoms with Crippen molar-refractivity contribution in [2.24, 2.45) is 0 Å². The van der Waals surface area contributed by atoms with Gasteiger partial charge in [-0.25, -0.2) is 0 Å². The molecule has 116 valence electrons. The maximum absolute atomic E-state index is 6.23. The highest BCUT2D eigenvalue weighted by Crippen LogP contribution is 2.31. The van der Waals surface area contributed by atoms with Crippen LogP contribution in [0.4, 0.5) is 0 Å². The Morgan fingerprint density at radius 2 is 1.95 bits per heavy atom. The van der Waals surface area contributed by atoms with Crippen molar-refractivity contribution >= 4 is 0 Å². The molecule has 1 saturated heterocycles. The summed E-state index contributed by atoms with van der Waals surface area (Å²) >= 11 is 0. The third kappa shape index (κ3) is 3.87. The first kappa shape index (κ1) is 13.8. The van der Waals surface area contributed by atoms with E-state index in [4.69, 9.17) is 9.15 Å². The predicted molar refractivity (Wildman–Crippen MR) is 81.1 cm³/mol. The van der Waals surface area contributed by atoms with Crippen LogP contribution in [-0.4, -0.2) is 42.3 Å². The molecule has 2 heterocycles. The largest absolute Gasteiger partial charge is 0.468 e. The van der Waals surface area contributed by atoms with Crippen molar-refractivity contribution < 1.29 is 9.15 Å². The Kier molecular flexibility index (Phi) is 4.01. The zero-order valence-electron chi connectivity index (χ0n) is 12.7. The fourth-order valence-corrected chi connectivity index (χ4v) is 3.30. The molecule has 4 nitrogen and oxygen atoms in total. The summed E-state index contributed by atoms with van der Waals surface area (Å²) in [6.07, 6.45) is 10.4. The third-order valence-electron chi connectivity index (χ3n) is 4.85. The highest BCUT2D eigenvalue weighted by atomic mass is 16.5. The summed E-state index contributed by atoms with van der Waals surface area (Å²) < 4.78 is 11.7. The van der Waals surface area contributed by atoms with Gasteiger partial charge in [-0.3, -0.25) is 4.90 Å². The number of hydrogen-bond donors (Lipinski definition) is 1. The van der Waals surface area contributed by atoms with E-state index < -0.39 is 0 Å². The molecule has 1 N–H and O–H groups in total. The van der Waals surface area contributed by atoms with Gasteiger partial charge in [0.25, 0.3) is 0 Å². The van der Waals surface area contributed by atoms with Crippen molar-refractivity contribution in [3.05, 3.63) is 24.2 Å². The van der Waals surface area contributed by atoms with Gasteiger partial charge in [0.1, 0.15) is 5.76 Å². The Morgan fingerprint density at radius 1 is 1.10 bits per heavy atom. The van der Waals surface area contributed by atoms with Crippen molar-refractivity contribution in [3.63, 3.8) is 0 Å². The molecule has 0 amide bonds. The molecule has 4 heteroatoms. The average molecular weight is 290 g/mol.